The maximum Gasteiger partial charge on any atom is 0.227 e. The summed E-state index contributed by atoms with van der Waals surface area (Å²) in [6.45, 7) is 0. The molecule has 0 aliphatic carbocycles. The monoisotopic (exact) mass is 146 g/mol. The predicted molar refractivity (Wildman–Crippen MR) is 33.8 cm³/mol. The Morgan fingerprint density at radius 1 is 1.89 bits per heavy atom. The van der Waals surface area contributed by atoms with Gasteiger partial charge in [-0.1, -0.05) is 0 Å². The molecule has 0 bridgehead atoms. The van der Waals surface area contributed by atoms with E-state index in [1.807, 2.05) is 0 Å². The quantitative estimate of drug-likeness (QED) is 0.213. The van der Waals surface area contributed by atoms with Crippen LogP contribution in [-0.4, -0.2) is 16.4 Å². The summed E-state index contributed by atoms with van der Waals surface area (Å²) in [5, 5.41) is 4.61. The summed E-state index contributed by atoms with van der Waals surface area (Å²) in [6.07, 6.45) is -0.558. The van der Waals surface area contributed by atoms with Gasteiger partial charge in [0.05, 0.1) is 0 Å². The number of thiocarbonyl (C=S) groups is 1. The molecule has 1 rings (SSSR count). The first kappa shape index (κ1) is 6.33. The normalized spacial score (nSPS) is 26.1. The van der Waals surface area contributed by atoms with Gasteiger partial charge in [-0.25, -0.2) is 16.4 Å². The Morgan fingerprint density at radius 3 is 2.78 bits per heavy atom. The average molecular weight is 146 g/mol. The molecule has 1 unspecified atom stereocenters. The van der Waals surface area contributed by atoms with E-state index in [0.29, 0.717) is 5.11 Å². The fourth-order valence-corrected chi connectivity index (χ4v) is 0.625. The minimum atomic E-state index is -0.558. The second-order valence-corrected chi connectivity index (χ2v) is 1.87. The lowest BCUT2D eigenvalue weighted by Crippen LogP contribution is -2.40. The van der Waals surface area contributed by atoms with Crippen LogP contribution in [0.2, 0.25) is 0 Å². The van der Waals surface area contributed by atoms with Crippen molar-refractivity contribution < 1.29 is 0 Å². The fraction of sp³-hybridized carbons (Fsp3) is 0.500. The van der Waals surface area contributed by atoms with Crippen molar-refractivity contribution in [2.75, 3.05) is 0 Å². The molecule has 0 aromatic rings. The first-order chi connectivity index (χ1) is 4.25. The lowest BCUT2D eigenvalue weighted by atomic mass is 10.8. The van der Waals surface area contributed by atoms with Crippen LogP contribution in [0.1, 0.15) is 0 Å². The number of nitrogens with two attached hydrogens (primary N) is 1. The number of hydrogen-bond acceptors (Lipinski definition) is 5. The van der Waals surface area contributed by atoms with Crippen molar-refractivity contribution >= 4 is 17.3 Å². The van der Waals surface area contributed by atoms with Crippen molar-refractivity contribution in [2.24, 2.45) is 11.0 Å². The maximum absolute atomic E-state index is 6.56. The molecule has 0 saturated carbocycles. The molecule has 0 aromatic heterocycles. The molecule has 7 heteroatoms. The van der Waals surface area contributed by atoms with Crippen molar-refractivity contribution in [3.63, 3.8) is 0 Å². The molecule has 1 atom stereocenters. The van der Waals surface area contributed by atoms with E-state index in [1.165, 1.54) is 0 Å². The highest BCUT2D eigenvalue weighted by Crippen LogP contribution is 1.95. The van der Waals surface area contributed by atoms with Crippen LogP contribution < -0.4 is 16.7 Å². The molecule has 0 spiro atoms. The van der Waals surface area contributed by atoms with E-state index in [1.54, 1.807) is 0 Å². The van der Waals surface area contributed by atoms with Gasteiger partial charge in [-0.2, -0.15) is 10.5 Å². The van der Waals surface area contributed by atoms with Crippen LogP contribution in [0.15, 0.2) is 5.11 Å². The number of nitrogens with zero attached hydrogens (tertiary/aromatic N) is 2. The standard InChI is InChI=1S/C2H6N6S/c3-5-1-6-7-2(9)8(1)4/h1,3,6H,4H2,(H,7,9). The smallest absolute Gasteiger partial charge is 0.227 e. The molecule has 6 nitrogen and oxygen atoms in total. The van der Waals surface area contributed by atoms with Gasteiger partial charge in [-0.05, 0) is 12.2 Å². The Hall–Kier alpha value is -0.790. The van der Waals surface area contributed by atoms with E-state index in [2.05, 4.69) is 28.2 Å². The average Bonchev–Trinajstić information content (AvgIpc) is 2.15. The Kier molecular flexibility index (Phi) is 1.56. The molecule has 1 fully saturated rings. The first-order valence-corrected chi connectivity index (χ1v) is 2.62. The minimum Gasteiger partial charge on any atom is -0.293 e. The summed E-state index contributed by atoms with van der Waals surface area (Å²) in [5.74, 6) is 5.29. The molecule has 1 heterocycles. The molecular formula is C2H6N6S. The zero-order chi connectivity index (χ0) is 6.85. The number of hydrogen-bond donors (Lipinski definition) is 4. The Morgan fingerprint density at radius 2 is 2.56 bits per heavy atom. The van der Waals surface area contributed by atoms with Gasteiger partial charge in [0.2, 0.25) is 11.4 Å². The molecule has 0 radical (unpaired) electrons. The van der Waals surface area contributed by atoms with Gasteiger partial charge < -0.3 is 0 Å². The summed E-state index contributed by atoms with van der Waals surface area (Å²) in [7, 11) is 0. The Balaban J connectivity index is 2.61. The third-order valence-electron chi connectivity index (χ3n) is 0.928. The molecule has 9 heavy (non-hydrogen) atoms. The van der Waals surface area contributed by atoms with Crippen LogP contribution in [0.4, 0.5) is 0 Å². The van der Waals surface area contributed by atoms with E-state index in [9.17, 15) is 0 Å². The highest BCUT2D eigenvalue weighted by atomic mass is 32.1. The van der Waals surface area contributed by atoms with Crippen LogP contribution in [0.3, 0.4) is 0 Å². The molecule has 0 amide bonds. The molecule has 1 aliphatic heterocycles. The highest BCUT2D eigenvalue weighted by Gasteiger charge is 2.23. The van der Waals surface area contributed by atoms with Gasteiger partial charge in [0.25, 0.3) is 0 Å². The van der Waals surface area contributed by atoms with E-state index in [-0.39, 0.29) is 0 Å². The summed E-state index contributed by atoms with van der Waals surface area (Å²) >= 11 is 4.67. The van der Waals surface area contributed by atoms with E-state index >= 15 is 0 Å². The largest absolute Gasteiger partial charge is 0.293 e. The summed E-state index contributed by atoms with van der Waals surface area (Å²) < 4.78 is 0. The predicted octanol–water partition coefficient (Wildman–Crippen LogP) is -1.13. The van der Waals surface area contributed by atoms with Gasteiger partial charge >= 0.3 is 0 Å². The maximum atomic E-state index is 6.56. The van der Waals surface area contributed by atoms with Crippen LogP contribution in [-0.2, 0) is 0 Å². The third-order valence-corrected chi connectivity index (χ3v) is 1.24. The van der Waals surface area contributed by atoms with Crippen LogP contribution >= 0.6 is 12.2 Å². The van der Waals surface area contributed by atoms with Crippen molar-refractivity contribution in [1.82, 2.24) is 15.9 Å². The summed E-state index contributed by atoms with van der Waals surface area (Å²) in [4.78, 5) is 0. The molecular weight excluding hydrogens is 140 g/mol. The van der Waals surface area contributed by atoms with Crippen LogP contribution in [0.25, 0.3) is 0 Å². The summed E-state index contributed by atoms with van der Waals surface area (Å²) in [5.41, 5.74) is 11.7. The lowest BCUT2D eigenvalue weighted by molar-refractivity contribution is 0.312. The van der Waals surface area contributed by atoms with Gasteiger partial charge in [0, 0.05) is 0 Å². The van der Waals surface area contributed by atoms with Gasteiger partial charge in [0.1, 0.15) is 0 Å². The van der Waals surface area contributed by atoms with Crippen molar-refractivity contribution in [1.29, 1.82) is 5.53 Å². The van der Waals surface area contributed by atoms with Crippen LogP contribution in [0, 0.1) is 5.53 Å². The molecule has 0 aromatic carbocycles. The topological polar surface area (TPSA) is 89.5 Å². The molecule has 1 aliphatic rings. The molecule has 1 saturated heterocycles. The minimum absolute atomic E-state index is 0.344. The zero-order valence-electron chi connectivity index (χ0n) is 4.46. The van der Waals surface area contributed by atoms with E-state index < -0.39 is 6.29 Å². The van der Waals surface area contributed by atoms with Crippen LogP contribution in [0.5, 0.6) is 0 Å². The van der Waals surface area contributed by atoms with Crippen molar-refractivity contribution in [2.45, 2.75) is 6.29 Å². The second-order valence-electron chi connectivity index (χ2n) is 1.48. The zero-order valence-corrected chi connectivity index (χ0v) is 5.27. The number of rotatable bonds is 1. The van der Waals surface area contributed by atoms with Crippen molar-refractivity contribution in [3.05, 3.63) is 0 Å². The van der Waals surface area contributed by atoms with Crippen molar-refractivity contribution in [3.8, 4) is 0 Å². The number of hydrazine groups is 2. The highest BCUT2D eigenvalue weighted by molar-refractivity contribution is 7.80. The van der Waals surface area contributed by atoms with E-state index in [0.717, 1.165) is 5.01 Å². The second kappa shape index (κ2) is 2.21. The SMILES string of the molecule is N=NC1NNC(=S)N1N. The van der Waals surface area contributed by atoms with E-state index in [4.69, 9.17) is 11.4 Å². The molecule has 5 N–H and O–H groups in total. The number of nitrogens with one attached hydrogen (secondary N) is 3. The van der Waals surface area contributed by atoms with Gasteiger partial charge in [-0.15, -0.1) is 0 Å². The third kappa shape index (κ3) is 0.969. The fourth-order valence-electron chi connectivity index (χ4n) is 0.466. The first-order valence-electron chi connectivity index (χ1n) is 2.21. The Labute approximate surface area is 56.8 Å². The van der Waals surface area contributed by atoms with Gasteiger partial charge in [0.15, 0.2) is 0 Å². The Bertz CT molecular complexity index is 144. The van der Waals surface area contributed by atoms with Gasteiger partial charge in [-0.3, -0.25) is 5.43 Å². The summed E-state index contributed by atoms with van der Waals surface area (Å²) in [6, 6.07) is 0. The molecule has 50 valence electrons. The lowest BCUT2D eigenvalue weighted by Gasteiger charge is -2.10.